The Bertz CT molecular complexity index is 307. The van der Waals surface area contributed by atoms with Gasteiger partial charge in [0.15, 0.2) is 5.82 Å². The summed E-state index contributed by atoms with van der Waals surface area (Å²) < 4.78 is 0. The molecular weight excluding hydrogens is 194 g/mol. The molecule has 1 aliphatic heterocycles. The van der Waals surface area contributed by atoms with Gasteiger partial charge >= 0.3 is 0 Å². The molecule has 2 rings (SSSR count). The van der Waals surface area contributed by atoms with Gasteiger partial charge in [0, 0.05) is 12.5 Å². The van der Waals surface area contributed by atoms with E-state index in [2.05, 4.69) is 20.7 Å². The topological polar surface area (TPSA) is 75.9 Å². The summed E-state index contributed by atoms with van der Waals surface area (Å²) in [5, 5.41) is 24.9. The van der Waals surface area contributed by atoms with E-state index in [0.29, 0.717) is 12.2 Å². The molecule has 1 aromatic rings. The van der Waals surface area contributed by atoms with Crippen LogP contribution in [0.25, 0.3) is 0 Å². The average Bonchev–Trinajstić information content (AvgIpc) is 2.65. The summed E-state index contributed by atoms with van der Waals surface area (Å²) >= 11 is 0. The Labute approximate surface area is 88.7 Å². The largest absolute Gasteiger partial charge is 0.391 e. The number of aliphatic hydroxyl groups is 1. The number of aliphatic hydroxyl groups excluding tert-OH is 1. The summed E-state index contributed by atoms with van der Waals surface area (Å²) in [7, 11) is 1.72. The van der Waals surface area contributed by atoms with Gasteiger partial charge in [-0.25, -0.2) is 0 Å². The first-order chi connectivity index (χ1) is 7.25. The Kier molecular flexibility index (Phi) is 3.27. The van der Waals surface area contributed by atoms with Crippen molar-refractivity contribution in [2.75, 3.05) is 6.54 Å². The van der Waals surface area contributed by atoms with Crippen LogP contribution < -0.4 is 5.32 Å². The van der Waals surface area contributed by atoms with Crippen LogP contribution >= 0.6 is 0 Å². The van der Waals surface area contributed by atoms with E-state index in [4.69, 9.17) is 0 Å². The minimum atomic E-state index is -0.408. The molecule has 2 atom stereocenters. The lowest BCUT2D eigenvalue weighted by Crippen LogP contribution is -2.44. The fraction of sp³-hybridized carbons (Fsp3) is 0.889. The second-order valence-corrected chi connectivity index (χ2v) is 4.02. The zero-order valence-corrected chi connectivity index (χ0v) is 8.93. The number of hydrogen-bond donors (Lipinski definition) is 2. The van der Waals surface area contributed by atoms with Crippen molar-refractivity contribution in [2.45, 2.75) is 37.8 Å². The molecule has 6 nitrogen and oxygen atoms in total. The average molecular weight is 211 g/mol. The fourth-order valence-electron chi connectivity index (χ4n) is 1.94. The number of nitrogens with one attached hydrogen (secondary N) is 1. The van der Waals surface area contributed by atoms with Gasteiger partial charge in [0.2, 0.25) is 0 Å². The predicted octanol–water partition coefficient (Wildman–Crippen LogP) is -0.744. The normalized spacial score (nSPS) is 24.0. The van der Waals surface area contributed by atoms with Crippen LogP contribution in [0.15, 0.2) is 0 Å². The molecule has 2 unspecified atom stereocenters. The van der Waals surface area contributed by atoms with Crippen molar-refractivity contribution >= 4 is 0 Å². The SMILES string of the molecule is Cn1nnc(CC(O)C2CCCCN2)n1. The van der Waals surface area contributed by atoms with Crippen molar-refractivity contribution in [1.82, 2.24) is 25.5 Å². The first kappa shape index (κ1) is 10.5. The molecule has 1 aromatic heterocycles. The molecule has 0 aliphatic carbocycles. The Hall–Kier alpha value is -1.01. The van der Waals surface area contributed by atoms with E-state index in [0.717, 1.165) is 13.0 Å². The molecule has 1 aliphatic rings. The lowest BCUT2D eigenvalue weighted by molar-refractivity contribution is 0.111. The van der Waals surface area contributed by atoms with Crippen LogP contribution in [0, 0.1) is 0 Å². The number of rotatable bonds is 3. The quantitative estimate of drug-likeness (QED) is 0.688. The molecule has 0 saturated carbocycles. The fourth-order valence-corrected chi connectivity index (χ4v) is 1.94. The van der Waals surface area contributed by atoms with Crippen molar-refractivity contribution in [2.24, 2.45) is 7.05 Å². The lowest BCUT2D eigenvalue weighted by atomic mass is 9.98. The van der Waals surface area contributed by atoms with Crippen LogP contribution in [0.3, 0.4) is 0 Å². The third-order valence-electron chi connectivity index (χ3n) is 2.75. The molecule has 15 heavy (non-hydrogen) atoms. The van der Waals surface area contributed by atoms with Gasteiger partial charge in [-0.1, -0.05) is 6.42 Å². The van der Waals surface area contributed by atoms with E-state index in [1.165, 1.54) is 17.6 Å². The van der Waals surface area contributed by atoms with Crippen LogP contribution in [0.4, 0.5) is 0 Å². The van der Waals surface area contributed by atoms with Crippen molar-refractivity contribution in [1.29, 1.82) is 0 Å². The second kappa shape index (κ2) is 4.67. The van der Waals surface area contributed by atoms with Crippen LogP contribution in [-0.2, 0) is 13.5 Å². The van der Waals surface area contributed by atoms with Gasteiger partial charge < -0.3 is 10.4 Å². The van der Waals surface area contributed by atoms with E-state index in [1.54, 1.807) is 7.05 Å². The summed E-state index contributed by atoms with van der Waals surface area (Å²) in [5.41, 5.74) is 0. The van der Waals surface area contributed by atoms with Gasteiger partial charge in [0.1, 0.15) is 0 Å². The number of nitrogens with zero attached hydrogens (tertiary/aromatic N) is 4. The molecule has 0 aromatic carbocycles. The summed E-state index contributed by atoms with van der Waals surface area (Å²) in [6.07, 6.45) is 3.48. The van der Waals surface area contributed by atoms with Crippen molar-refractivity contribution < 1.29 is 5.11 Å². The summed E-state index contributed by atoms with van der Waals surface area (Å²) in [6.45, 7) is 0.996. The van der Waals surface area contributed by atoms with Gasteiger partial charge in [-0.2, -0.15) is 4.80 Å². The highest BCUT2D eigenvalue weighted by atomic mass is 16.3. The van der Waals surface area contributed by atoms with Crippen LogP contribution in [0.5, 0.6) is 0 Å². The molecular formula is C9H17N5O. The van der Waals surface area contributed by atoms with E-state index in [-0.39, 0.29) is 6.04 Å². The number of tetrazole rings is 1. The summed E-state index contributed by atoms with van der Waals surface area (Å²) in [6, 6.07) is 0.183. The van der Waals surface area contributed by atoms with Crippen LogP contribution in [0.2, 0.25) is 0 Å². The van der Waals surface area contributed by atoms with Crippen molar-refractivity contribution in [3.05, 3.63) is 5.82 Å². The maximum absolute atomic E-state index is 9.96. The molecule has 0 amide bonds. The van der Waals surface area contributed by atoms with E-state index >= 15 is 0 Å². The van der Waals surface area contributed by atoms with E-state index < -0.39 is 6.10 Å². The van der Waals surface area contributed by atoms with Crippen molar-refractivity contribution in [3.8, 4) is 0 Å². The molecule has 2 N–H and O–H groups in total. The highest BCUT2D eigenvalue weighted by Gasteiger charge is 2.22. The Morgan fingerprint density at radius 3 is 3.07 bits per heavy atom. The highest BCUT2D eigenvalue weighted by Crippen LogP contribution is 2.12. The zero-order chi connectivity index (χ0) is 10.7. The minimum Gasteiger partial charge on any atom is -0.391 e. The molecule has 0 spiro atoms. The minimum absolute atomic E-state index is 0.183. The Morgan fingerprint density at radius 2 is 2.47 bits per heavy atom. The first-order valence-corrected chi connectivity index (χ1v) is 5.40. The molecule has 2 heterocycles. The third-order valence-corrected chi connectivity index (χ3v) is 2.75. The monoisotopic (exact) mass is 211 g/mol. The van der Waals surface area contributed by atoms with Gasteiger partial charge in [-0.05, 0) is 24.6 Å². The zero-order valence-electron chi connectivity index (χ0n) is 8.93. The van der Waals surface area contributed by atoms with Gasteiger partial charge in [0.05, 0.1) is 13.2 Å². The van der Waals surface area contributed by atoms with E-state index in [9.17, 15) is 5.11 Å². The maximum Gasteiger partial charge on any atom is 0.177 e. The van der Waals surface area contributed by atoms with E-state index in [1.807, 2.05) is 0 Å². The van der Waals surface area contributed by atoms with Gasteiger partial charge in [-0.15, -0.1) is 10.2 Å². The third kappa shape index (κ3) is 2.73. The molecule has 6 heteroatoms. The first-order valence-electron chi connectivity index (χ1n) is 5.40. The molecule has 0 bridgehead atoms. The lowest BCUT2D eigenvalue weighted by Gasteiger charge is -2.27. The molecule has 1 fully saturated rings. The second-order valence-electron chi connectivity index (χ2n) is 4.02. The molecule has 84 valence electrons. The standard InChI is InChI=1S/C9H17N5O/c1-14-12-9(11-13-14)6-8(15)7-4-2-3-5-10-7/h7-8,10,15H,2-6H2,1H3. The number of aromatic nitrogens is 4. The Morgan fingerprint density at radius 1 is 1.60 bits per heavy atom. The number of hydrogen-bond acceptors (Lipinski definition) is 5. The predicted molar refractivity (Wildman–Crippen MR) is 54.2 cm³/mol. The summed E-state index contributed by atoms with van der Waals surface area (Å²) in [5.74, 6) is 0.609. The summed E-state index contributed by atoms with van der Waals surface area (Å²) in [4.78, 5) is 1.41. The van der Waals surface area contributed by atoms with Gasteiger partial charge in [0.25, 0.3) is 0 Å². The molecule has 1 saturated heterocycles. The van der Waals surface area contributed by atoms with Crippen LogP contribution in [0.1, 0.15) is 25.1 Å². The number of aryl methyl sites for hydroxylation is 1. The smallest absolute Gasteiger partial charge is 0.177 e. The van der Waals surface area contributed by atoms with Gasteiger partial charge in [-0.3, -0.25) is 0 Å². The maximum atomic E-state index is 9.96. The highest BCUT2D eigenvalue weighted by molar-refractivity contribution is 4.88. The Balaban J connectivity index is 1.88. The number of piperidine rings is 1. The van der Waals surface area contributed by atoms with Crippen LogP contribution in [-0.4, -0.2) is 44.0 Å². The van der Waals surface area contributed by atoms with Crippen molar-refractivity contribution in [3.63, 3.8) is 0 Å². The molecule has 0 radical (unpaired) electrons.